The van der Waals surface area contributed by atoms with Crippen molar-refractivity contribution in [3.8, 4) is 0 Å². The third kappa shape index (κ3) is 4.29. The average molecular weight is 368 g/mol. The van der Waals surface area contributed by atoms with Crippen LogP contribution in [-0.2, 0) is 16.0 Å². The molecule has 0 unspecified atom stereocenters. The van der Waals surface area contributed by atoms with Gasteiger partial charge in [0.25, 0.3) is 5.91 Å². The van der Waals surface area contributed by atoms with Gasteiger partial charge in [-0.15, -0.1) is 0 Å². The van der Waals surface area contributed by atoms with E-state index in [1.807, 2.05) is 38.1 Å². The van der Waals surface area contributed by atoms with Gasteiger partial charge < -0.3 is 10.1 Å². The first kappa shape index (κ1) is 19.3. The van der Waals surface area contributed by atoms with Crippen LogP contribution in [0, 0.1) is 12.8 Å². The Kier molecular flexibility index (Phi) is 6.09. The number of carbonyl (C=O) groups excluding carboxylic acids is 2. The van der Waals surface area contributed by atoms with Gasteiger partial charge in [0.05, 0.1) is 11.1 Å². The second-order valence-electron chi connectivity index (χ2n) is 7.44. The van der Waals surface area contributed by atoms with E-state index in [2.05, 4.69) is 17.2 Å². The fourth-order valence-corrected chi connectivity index (χ4v) is 3.95. The van der Waals surface area contributed by atoms with Gasteiger partial charge in [0.2, 0.25) is 0 Å². The molecule has 1 saturated carbocycles. The Morgan fingerprint density at radius 2 is 1.96 bits per heavy atom. The maximum Gasteiger partial charge on any atom is 0.339 e. The number of hydrogen-bond acceptors (Lipinski definition) is 4. The van der Waals surface area contributed by atoms with Crippen molar-refractivity contribution in [1.82, 2.24) is 10.3 Å². The molecular formula is C22H28N2O3. The molecule has 0 saturated heterocycles. The molecule has 5 nitrogen and oxygen atoms in total. The number of aromatic nitrogens is 1. The maximum absolute atomic E-state index is 12.8. The number of ether oxygens (including phenoxy) is 1. The summed E-state index contributed by atoms with van der Waals surface area (Å²) in [5, 5.41) is 3.78. The van der Waals surface area contributed by atoms with Crippen LogP contribution in [0.2, 0.25) is 0 Å². The van der Waals surface area contributed by atoms with E-state index in [-0.39, 0.29) is 18.6 Å². The number of amides is 1. The number of esters is 1. The molecular weight excluding hydrogens is 340 g/mol. The number of benzene rings is 1. The van der Waals surface area contributed by atoms with Gasteiger partial charge in [0.15, 0.2) is 6.61 Å². The first-order chi connectivity index (χ1) is 13.0. The van der Waals surface area contributed by atoms with Gasteiger partial charge in [-0.2, -0.15) is 0 Å². The van der Waals surface area contributed by atoms with Crippen LogP contribution in [0.1, 0.15) is 61.1 Å². The molecule has 2 aromatic rings. The van der Waals surface area contributed by atoms with Gasteiger partial charge in [-0.05, 0) is 43.7 Å². The summed E-state index contributed by atoms with van der Waals surface area (Å²) in [5.41, 5.74) is 2.98. The Morgan fingerprint density at radius 1 is 1.22 bits per heavy atom. The minimum Gasteiger partial charge on any atom is -0.452 e. The highest BCUT2D eigenvalue weighted by Crippen LogP contribution is 2.25. The average Bonchev–Trinajstić information content (AvgIpc) is 2.67. The van der Waals surface area contributed by atoms with Gasteiger partial charge in [-0.3, -0.25) is 9.78 Å². The highest BCUT2D eigenvalue weighted by molar-refractivity contribution is 6.05. The molecule has 3 rings (SSSR count). The number of hydrogen-bond donors (Lipinski definition) is 1. The Bertz CT molecular complexity index is 847. The molecule has 1 aromatic carbocycles. The number of rotatable bonds is 5. The number of nitrogens with one attached hydrogen (secondary N) is 1. The van der Waals surface area contributed by atoms with Crippen molar-refractivity contribution in [1.29, 1.82) is 0 Å². The first-order valence-corrected chi connectivity index (χ1v) is 9.86. The van der Waals surface area contributed by atoms with E-state index in [1.54, 1.807) is 0 Å². The second-order valence-corrected chi connectivity index (χ2v) is 7.44. The molecule has 1 heterocycles. The smallest absolute Gasteiger partial charge is 0.339 e. The van der Waals surface area contributed by atoms with Crippen LogP contribution in [0.3, 0.4) is 0 Å². The molecule has 2 atom stereocenters. The van der Waals surface area contributed by atoms with E-state index >= 15 is 0 Å². The minimum absolute atomic E-state index is 0.181. The standard InChI is InChI=1S/C22H28N2O3/c1-4-17-15(3)21(16-10-6-8-12-19(16)23-17)22(26)27-13-20(25)24-18-11-7-5-9-14(18)2/h6,8,10,12,14,18H,4-5,7,9,11,13H2,1-3H3,(H,24,25)/t14-,18-/m0/s1. The molecule has 0 aliphatic heterocycles. The molecule has 1 aromatic heterocycles. The molecule has 1 amide bonds. The molecule has 1 fully saturated rings. The van der Waals surface area contributed by atoms with E-state index < -0.39 is 5.97 Å². The lowest BCUT2D eigenvalue weighted by atomic mass is 9.86. The third-order valence-electron chi connectivity index (χ3n) is 5.57. The Hall–Kier alpha value is -2.43. The summed E-state index contributed by atoms with van der Waals surface area (Å²) >= 11 is 0. The number of pyridine rings is 1. The molecule has 27 heavy (non-hydrogen) atoms. The van der Waals surface area contributed by atoms with Crippen molar-refractivity contribution in [3.05, 3.63) is 41.1 Å². The summed E-state index contributed by atoms with van der Waals surface area (Å²) in [6.07, 6.45) is 5.21. The van der Waals surface area contributed by atoms with E-state index in [9.17, 15) is 9.59 Å². The van der Waals surface area contributed by atoms with Crippen LogP contribution in [0.15, 0.2) is 24.3 Å². The molecule has 5 heteroatoms. The summed E-state index contributed by atoms with van der Waals surface area (Å²) in [7, 11) is 0. The lowest BCUT2D eigenvalue weighted by molar-refractivity contribution is -0.125. The van der Waals surface area contributed by atoms with Crippen LogP contribution in [0.4, 0.5) is 0 Å². The number of nitrogens with zero attached hydrogens (tertiary/aromatic N) is 1. The predicted molar refractivity (Wildman–Crippen MR) is 106 cm³/mol. The fourth-order valence-electron chi connectivity index (χ4n) is 3.95. The van der Waals surface area contributed by atoms with Crippen LogP contribution < -0.4 is 5.32 Å². The third-order valence-corrected chi connectivity index (χ3v) is 5.57. The molecule has 1 aliphatic carbocycles. The van der Waals surface area contributed by atoms with Crippen LogP contribution in [-0.4, -0.2) is 29.5 Å². The largest absolute Gasteiger partial charge is 0.452 e. The molecule has 1 N–H and O–H groups in total. The van der Waals surface area contributed by atoms with E-state index in [0.717, 1.165) is 47.8 Å². The van der Waals surface area contributed by atoms with Crippen molar-refractivity contribution < 1.29 is 14.3 Å². The zero-order chi connectivity index (χ0) is 19.4. The van der Waals surface area contributed by atoms with Crippen molar-refractivity contribution in [3.63, 3.8) is 0 Å². The SMILES string of the molecule is CCc1nc2ccccc2c(C(=O)OCC(=O)N[C@H]2CCCC[C@@H]2C)c1C. The van der Waals surface area contributed by atoms with Gasteiger partial charge in [-0.1, -0.05) is 44.9 Å². The highest BCUT2D eigenvalue weighted by Gasteiger charge is 2.24. The van der Waals surface area contributed by atoms with Gasteiger partial charge >= 0.3 is 5.97 Å². The van der Waals surface area contributed by atoms with Crippen LogP contribution in [0.5, 0.6) is 0 Å². The topological polar surface area (TPSA) is 68.3 Å². The van der Waals surface area contributed by atoms with Gasteiger partial charge in [-0.25, -0.2) is 4.79 Å². The van der Waals surface area contributed by atoms with Gasteiger partial charge in [0, 0.05) is 17.1 Å². The summed E-state index contributed by atoms with van der Waals surface area (Å²) in [4.78, 5) is 29.7. The lowest BCUT2D eigenvalue weighted by Gasteiger charge is -2.29. The summed E-state index contributed by atoms with van der Waals surface area (Å²) in [6, 6.07) is 7.72. The number of para-hydroxylation sites is 1. The maximum atomic E-state index is 12.8. The molecule has 0 bridgehead atoms. The zero-order valence-electron chi connectivity index (χ0n) is 16.4. The summed E-state index contributed by atoms with van der Waals surface area (Å²) in [5.74, 6) is -0.224. The predicted octanol–water partition coefficient (Wildman–Crippen LogP) is 3.96. The van der Waals surface area contributed by atoms with Crippen molar-refractivity contribution in [2.45, 2.75) is 58.9 Å². The Morgan fingerprint density at radius 3 is 2.70 bits per heavy atom. The zero-order valence-corrected chi connectivity index (χ0v) is 16.4. The fraction of sp³-hybridized carbons (Fsp3) is 0.500. The Balaban J connectivity index is 1.72. The monoisotopic (exact) mass is 368 g/mol. The number of aryl methyl sites for hydroxylation is 1. The Labute approximate surface area is 160 Å². The molecule has 144 valence electrons. The molecule has 0 spiro atoms. The van der Waals surface area contributed by atoms with Crippen molar-refractivity contribution >= 4 is 22.8 Å². The minimum atomic E-state index is -0.465. The van der Waals surface area contributed by atoms with Crippen molar-refractivity contribution in [2.75, 3.05) is 6.61 Å². The van der Waals surface area contributed by atoms with Crippen LogP contribution in [0.25, 0.3) is 10.9 Å². The van der Waals surface area contributed by atoms with E-state index in [4.69, 9.17) is 4.74 Å². The van der Waals surface area contributed by atoms with E-state index in [1.165, 1.54) is 6.42 Å². The quantitative estimate of drug-likeness (QED) is 0.811. The summed E-state index contributed by atoms with van der Waals surface area (Å²) in [6.45, 7) is 5.81. The number of carbonyl (C=O) groups is 2. The molecule has 1 aliphatic rings. The highest BCUT2D eigenvalue weighted by atomic mass is 16.5. The lowest BCUT2D eigenvalue weighted by Crippen LogP contribution is -2.42. The second kappa shape index (κ2) is 8.51. The first-order valence-electron chi connectivity index (χ1n) is 9.86. The van der Waals surface area contributed by atoms with Gasteiger partial charge in [0.1, 0.15) is 0 Å². The number of fused-ring (bicyclic) bond motifs is 1. The summed E-state index contributed by atoms with van der Waals surface area (Å²) < 4.78 is 5.38. The molecule has 0 radical (unpaired) electrons. The van der Waals surface area contributed by atoms with Crippen LogP contribution >= 0.6 is 0 Å². The normalized spacial score (nSPS) is 19.7. The van der Waals surface area contributed by atoms with E-state index in [0.29, 0.717) is 11.5 Å². The van der Waals surface area contributed by atoms with Crippen molar-refractivity contribution in [2.24, 2.45) is 5.92 Å².